The van der Waals surface area contributed by atoms with Gasteiger partial charge in [0.15, 0.2) is 0 Å². The smallest absolute Gasteiger partial charge is 0.0707 e. The molecule has 2 bridgehead atoms. The van der Waals surface area contributed by atoms with E-state index in [4.69, 9.17) is 4.74 Å². The van der Waals surface area contributed by atoms with Crippen LogP contribution in [0.15, 0.2) is 18.2 Å². The largest absolute Gasteiger partial charge is 0.372 e. The van der Waals surface area contributed by atoms with Gasteiger partial charge in [-0.25, -0.2) is 0 Å². The van der Waals surface area contributed by atoms with Crippen molar-refractivity contribution in [2.24, 2.45) is 0 Å². The molecule has 3 atom stereocenters. The average molecular weight is 288 g/mol. The highest BCUT2D eigenvalue weighted by Gasteiger charge is 2.34. The van der Waals surface area contributed by atoms with Gasteiger partial charge in [0.05, 0.1) is 12.2 Å². The van der Waals surface area contributed by atoms with E-state index in [1.54, 1.807) is 0 Å². The molecular formula is C18H28N2O. The summed E-state index contributed by atoms with van der Waals surface area (Å²) in [6, 6.07) is 7.33. The highest BCUT2D eigenvalue weighted by molar-refractivity contribution is 5.31. The van der Waals surface area contributed by atoms with Crippen LogP contribution in [0.4, 0.5) is 0 Å². The van der Waals surface area contributed by atoms with Gasteiger partial charge in [-0.3, -0.25) is 4.90 Å². The van der Waals surface area contributed by atoms with Crippen LogP contribution in [0.25, 0.3) is 0 Å². The summed E-state index contributed by atoms with van der Waals surface area (Å²) in [5, 5.41) is 3.67. The molecule has 2 aliphatic heterocycles. The van der Waals surface area contributed by atoms with Crippen LogP contribution in [0.3, 0.4) is 0 Å². The van der Waals surface area contributed by atoms with Gasteiger partial charge in [0, 0.05) is 25.7 Å². The van der Waals surface area contributed by atoms with Crippen molar-refractivity contribution >= 4 is 0 Å². The van der Waals surface area contributed by atoms with Gasteiger partial charge in [0.1, 0.15) is 0 Å². The van der Waals surface area contributed by atoms with Crippen LogP contribution in [-0.2, 0) is 4.74 Å². The zero-order chi connectivity index (χ0) is 14.8. The molecule has 1 aromatic carbocycles. The van der Waals surface area contributed by atoms with Gasteiger partial charge < -0.3 is 10.1 Å². The van der Waals surface area contributed by atoms with Crippen LogP contribution >= 0.6 is 0 Å². The molecule has 3 rings (SSSR count). The fraction of sp³-hybridized carbons (Fsp3) is 0.667. The number of rotatable bonds is 5. The maximum absolute atomic E-state index is 5.95. The van der Waals surface area contributed by atoms with Gasteiger partial charge in [-0.15, -0.1) is 0 Å². The number of fused-ring (bicyclic) bond motifs is 2. The number of aryl methyl sites for hydroxylation is 2. The fourth-order valence-corrected chi connectivity index (χ4v) is 3.85. The third kappa shape index (κ3) is 3.65. The van der Waals surface area contributed by atoms with Crippen molar-refractivity contribution in [3.05, 3.63) is 34.9 Å². The van der Waals surface area contributed by atoms with E-state index in [1.807, 2.05) is 0 Å². The van der Waals surface area contributed by atoms with Crippen LogP contribution in [0.2, 0.25) is 0 Å². The standard InChI is InChI=1S/C18H28N2O/c1-4-19-18(15-8-13(2)7-14(3)9-15)12-20-10-16-5-6-17(11-20)21-16/h7-9,16-19H,4-6,10-12H2,1-3H3. The summed E-state index contributed by atoms with van der Waals surface area (Å²) < 4.78 is 5.95. The summed E-state index contributed by atoms with van der Waals surface area (Å²) in [7, 11) is 0. The quantitative estimate of drug-likeness (QED) is 0.901. The summed E-state index contributed by atoms with van der Waals surface area (Å²) in [6.45, 7) is 10.9. The molecular weight excluding hydrogens is 260 g/mol. The van der Waals surface area contributed by atoms with Crippen molar-refractivity contribution in [2.75, 3.05) is 26.2 Å². The zero-order valence-corrected chi connectivity index (χ0v) is 13.6. The minimum atomic E-state index is 0.422. The van der Waals surface area contributed by atoms with Crippen LogP contribution in [0.1, 0.15) is 42.5 Å². The predicted molar refractivity (Wildman–Crippen MR) is 86.7 cm³/mol. The summed E-state index contributed by atoms with van der Waals surface area (Å²) >= 11 is 0. The number of nitrogens with one attached hydrogen (secondary N) is 1. The first kappa shape index (κ1) is 15.0. The number of hydrogen-bond donors (Lipinski definition) is 1. The lowest BCUT2D eigenvalue weighted by Crippen LogP contribution is -2.46. The maximum atomic E-state index is 5.95. The first-order valence-corrected chi connectivity index (χ1v) is 8.33. The van der Waals surface area contributed by atoms with Crippen LogP contribution < -0.4 is 5.32 Å². The molecule has 0 radical (unpaired) electrons. The van der Waals surface area contributed by atoms with E-state index >= 15 is 0 Å². The Balaban J connectivity index is 1.72. The Bertz CT molecular complexity index is 456. The van der Waals surface area contributed by atoms with E-state index in [1.165, 1.54) is 29.5 Å². The van der Waals surface area contributed by atoms with E-state index in [0.29, 0.717) is 18.2 Å². The average Bonchev–Trinajstić information content (AvgIpc) is 2.76. The third-order valence-electron chi connectivity index (χ3n) is 4.66. The van der Waals surface area contributed by atoms with Crippen LogP contribution in [0.5, 0.6) is 0 Å². The van der Waals surface area contributed by atoms with E-state index in [-0.39, 0.29) is 0 Å². The summed E-state index contributed by atoms with van der Waals surface area (Å²) in [4.78, 5) is 2.59. The normalized spacial score (nSPS) is 27.0. The SMILES string of the molecule is CCNC(CN1CC2CCC(C1)O2)c1cc(C)cc(C)c1. The van der Waals surface area contributed by atoms with Gasteiger partial charge in [-0.05, 0) is 38.8 Å². The van der Waals surface area contributed by atoms with E-state index < -0.39 is 0 Å². The molecule has 2 fully saturated rings. The Morgan fingerprint density at radius 3 is 2.33 bits per heavy atom. The van der Waals surface area contributed by atoms with Gasteiger partial charge in [0.2, 0.25) is 0 Å². The number of nitrogens with zero attached hydrogens (tertiary/aromatic N) is 1. The number of benzene rings is 1. The minimum Gasteiger partial charge on any atom is -0.372 e. The first-order valence-electron chi connectivity index (χ1n) is 8.33. The number of likely N-dealkylation sites (N-methyl/N-ethyl adjacent to an activating group) is 1. The van der Waals surface area contributed by atoms with Crippen LogP contribution in [0, 0.1) is 13.8 Å². The van der Waals surface area contributed by atoms with E-state index in [9.17, 15) is 0 Å². The lowest BCUT2D eigenvalue weighted by Gasteiger charge is -2.35. The fourth-order valence-electron chi connectivity index (χ4n) is 3.85. The molecule has 0 aliphatic carbocycles. The predicted octanol–water partition coefficient (Wildman–Crippen LogP) is 2.82. The van der Waals surface area contributed by atoms with Crippen molar-refractivity contribution < 1.29 is 4.74 Å². The van der Waals surface area contributed by atoms with Crippen molar-refractivity contribution in [1.29, 1.82) is 0 Å². The van der Waals surface area contributed by atoms with Gasteiger partial charge in [-0.2, -0.15) is 0 Å². The number of morpholine rings is 1. The molecule has 2 heterocycles. The molecule has 0 saturated carbocycles. The Labute approximate surface area is 128 Å². The van der Waals surface area contributed by atoms with Crippen molar-refractivity contribution in [3.8, 4) is 0 Å². The van der Waals surface area contributed by atoms with Crippen molar-refractivity contribution in [2.45, 2.75) is 51.9 Å². The second-order valence-electron chi connectivity index (χ2n) is 6.71. The van der Waals surface area contributed by atoms with Crippen molar-refractivity contribution in [1.82, 2.24) is 10.2 Å². The summed E-state index contributed by atoms with van der Waals surface area (Å²) in [5.74, 6) is 0. The topological polar surface area (TPSA) is 24.5 Å². The second-order valence-corrected chi connectivity index (χ2v) is 6.71. The molecule has 21 heavy (non-hydrogen) atoms. The highest BCUT2D eigenvalue weighted by atomic mass is 16.5. The zero-order valence-electron chi connectivity index (χ0n) is 13.6. The highest BCUT2D eigenvalue weighted by Crippen LogP contribution is 2.28. The van der Waals surface area contributed by atoms with Gasteiger partial charge in [0.25, 0.3) is 0 Å². The molecule has 0 amide bonds. The van der Waals surface area contributed by atoms with E-state index in [0.717, 1.165) is 26.2 Å². The summed E-state index contributed by atoms with van der Waals surface area (Å²) in [6.07, 6.45) is 3.45. The monoisotopic (exact) mass is 288 g/mol. The molecule has 116 valence electrons. The van der Waals surface area contributed by atoms with Crippen molar-refractivity contribution in [3.63, 3.8) is 0 Å². The third-order valence-corrected chi connectivity index (χ3v) is 4.66. The number of likely N-dealkylation sites (tertiary alicyclic amines) is 1. The lowest BCUT2D eigenvalue weighted by atomic mass is 10.0. The number of hydrogen-bond acceptors (Lipinski definition) is 3. The molecule has 3 nitrogen and oxygen atoms in total. The molecule has 3 unspecified atom stereocenters. The Kier molecular flexibility index (Phi) is 4.63. The molecule has 3 heteroatoms. The molecule has 2 saturated heterocycles. The first-order chi connectivity index (χ1) is 10.1. The van der Waals surface area contributed by atoms with E-state index in [2.05, 4.69) is 49.2 Å². The minimum absolute atomic E-state index is 0.422. The Morgan fingerprint density at radius 1 is 1.14 bits per heavy atom. The molecule has 2 aliphatic rings. The maximum Gasteiger partial charge on any atom is 0.0707 e. The van der Waals surface area contributed by atoms with Gasteiger partial charge in [-0.1, -0.05) is 36.2 Å². The molecule has 0 spiro atoms. The Morgan fingerprint density at radius 2 is 1.76 bits per heavy atom. The molecule has 1 aromatic rings. The summed E-state index contributed by atoms with van der Waals surface area (Å²) in [5.41, 5.74) is 4.14. The Hall–Kier alpha value is -0.900. The van der Waals surface area contributed by atoms with Crippen LogP contribution in [-0.4, -0.2) is 43.3 Å². The number of ether oxygens (including phenoxy) is 1. The lowest BCUT2D eigenvalue weighted by molar-refractivity contribution is -0.0407. The molecule has 1 N–H and O–H groups in total. The van der Waals surface area contributed by atoms with Gasteiger partial charge >= 0.3 is 0 Å². The second kappa shape index (κ2) is 6.47. The molecule has 0 aromatic heterocycles.